The van der Waals surface area contributed by atoms with Crippen LogP contribution < -0.4 is 10.0 Å². The number of rotatable bonds is 6. The highest BCUT2D eigenvalue weighted by molar-refractivity contribution is 7.92. The summed E-state index contributed by atoms with van der Waals surface area (Å²) in [5.41, 5.74) is 0.547. The largest absolute Gasteiger partial charge is 0.354 e. The van der Waals surface area contributed by atoms with Gasteiger partial charge in [-0.15, -0.1) is 0 Å². The third-order valence-electron chi connectivity index (χ3n) is 5.00. The van der Waals surface area contributed by atoms with E-state index >= 15 is 0 Å². The number of hydrogen-bond donors (Lipinski definition) is 2. The van der Waals surface area contributed by atoms with Crippen molar-refractivity contribution in [2.24, 2.45) is 5.92 Å². The molecule has 0 bridgehead atoms. The van der Waals surface area contributed by atoms with Gasteiger partial charge in [0.25, 0.3) is 15.9 Å². The highest BCUT2D eigenvalue weighted by Crippen LogP contribution is 2.22. The minimum absolute atomic E-state index is 0.0318. The molecule has 31 heavy (non-hydrogen) atoms. The third kappa shape index (κ3) is 5.81. The summed E-state index contributed by atoms with van der Waals surface area (Å²) in [6.45, 7) is 4.64. The van der Waals surface area contributed by atoms with Gasteiger partial charge in [-0.3, -0.25) is 14.3 Å². The Morgan fingerprint density at radius 2 is 1.84 bits per heavy atom. The summed E-state index contributed by atoms with van der Waals surface area (Å²) in [6.07, 6.45) is 1.44. The number of piperidine rings is 1. The van der Waals surface area contributed by atoms with Gasteiger partial charge < -0.3 is 10.2 Å². The third-order valence-corrected chi connectivity index (χ3v) is 6.39. The average molecular weight is 448 g/mol. The SMILES string of the molecule is CC(C)NC(=O)C1CCCN(C(=O)c2cccc(NS(=O)(=O)c3ccc(F)cc3)c2)C1. The van der Waals surface area contributed by atoms with E-state index in [0.29, 0.717) is 18.7 Å². The van der Waals surface area contributed by atoms with Crippen LogP contribution in [0, 0.1) is 11.7 Å². The first-order valence-electron chi connectivity index (χ1n) is 10.1. The minimum atomic E-state index is -3.92. The Balaban J connectivity index is 1.72. The topological polar surface area (TPSA) is 95.6 Å². The number of nitrogens with one attached hydrogen (secondary N) is 2. The lowest BCUT2D eigenvalue weighted by molar-refractivity contribution is -0.126. The summed E-state index contributed by atoms with van der Waals surface area (Å²) < 4.78 is 40.5. The van der Waals surface area contributed by atoms with Gasteiger partial charge in [-0.25, -0.2) is 12.8 Å². The van der Waals surface area contributed by atoms with Gasteiger partial charge >= 0.3 is 0 Å². The van der Waals surface area contributed by atoms with Gasteiger partial charge in [0.1, 0.15) is 5.82 Å². The molecule has 0 spiro atoms. The average Bonchev–Trinajstić information content (AvgIpc) is 2.73. The van der Waals surface area contributed by atoms with E-state index in [1.165, 1.54) is 24.3 Å². The van der Waals surface area contributed by atoms with Gasteiger partial charge in [0, 0.05) is 30.4 Å². The van der Waals surface area contributed by atoms with Gasteiger partial charge in [-0.05, 0) is 69.2 Å². The van der Waals surface area contributed by atoms with Crippen LogP contribution in [0.4, 0.5) is 10.1 Å². The van der Waals surface area contributed by atoms with Crippen molar-refractivity contribution in [3.05, 3.63) is 59.9 Å². The Hall–Kier alpha value is -2.94. The Bertz CT molecular complexity index is 1050. The summed E-state index contributed by atoms with van der Waals surface area (Å²) in [5, 5.41) is 2.89. The number of halogens is 1. The minimum Gasteiger partial charge on any atom is -0.354 e. The van der Waals surface area contributed by atoms with Crippen LogP contribution in [0.2, 0.25) is 0 Å². The van der Waals surface area contributed by atoms with Gasteiger partial charge in [0.15, 0.2) is 0 Å². The van der Waals surface area contributed by atoms with Crippen molar-refractivity contribution in [1.82, 2.24) is 10.2 Å². The van der Waals surface area contributed by atoms with Gasteiger partial charge in [-0.2, -0.15) is 0 Å². The number of likely N-dealkylation sites (tertiary alicyclic amines) is 1. The van der Waals surface area contributed by atoms with Crippen molar-refractivity contribution in [3.8, 4) is 0 Å². The summed E-state index contributed by atoms with van der Waals surface area (Å²) in [6, 6.07) is 10.7. The van der Waals surface area contributed by atoms with Gasteiger partial charge in [-0.1, -0.05) is 6.07 Å². The summed E-state index contributed by atoms with van der Waals surface area (Å²) in [7, 11) is -3.92. The molecule has 1 aliphatic heterocycles. The predicted molar refractivity (Wildman–Crippen MR) is 116 cm³/mol. The monoisotopic (exact) mass is 447 g/mol. The van der Waals surface area contributed by atoms with Crippen LogP contribution in [-0.4, -0.2) is 44.3 Å². The quantitative estimate of drug-likeness (QED) is 0.712. The molecular formula is C22H26FN3O4S. The van der Waals surface area contributed by atoms with E-state index in [2.05, 4.69) is 10.0 Å². The summed E-state index contributed by atoms with van der Waals surface area (Å²) in [4.78, 5) is 26.9. The number of carbonyl (C=O) groups excluding carboxylic acids is 2. The first-order valence-corrected chi connectivity index (χ1v) is 11.6. The van der Waals surface area contributed by atoms with E-state index in [9.17, 15) is 22.4 Å². The Labute approximate surface area is 181 Å². The molecule has 166 valence electrons. The van der Waals surface area contributed by atoms with Crippen molar-refractivity contribution < 1.29 is 22.4 Å². The number of anilines is 1. The van der Waals surface area contributed by atoms with Crippen LogP contribution in [-0.2, 0) is 14.8 Å². The molecule has 3 rings (SSSR count). The molecule has 2 aromatic rings. The fraction of sp³-hybridized carbons (Fsp3) is 0.364. The van der Waals surface area contributed by atoms with Gasteiger partial charge in [0.05, 0.1) is 10.8 Å². The summed E-state index contributed by atoms with van der Waals surface area (Å²) >= 11 is 0. The van der Waals surface area contributed by atoms with E-state index in [-0.39, 0.29) is 34.4 Å². The van der Waals surface area contributed by atoms with Crippen molar-refractivity contribution in [3.63, 3.8) is 0 Å². The maximum Gasteiger partial charge on any atom is 0.261 e. The zero-order valence-electron chi connectivity index (χ0n) is 17.5. The van der Waals surface area contributed by atoms with Crippen LogP contribution >= 0.6 is 0 Å². The molecule has 1 aliphatic rings. The molecule has 2 amide bonds. The smallest absolute Gasteiger partial charge is 0.261 e. The molecule has 2 aromatic carbocycles. The van der Waals surface area contributed by atoms with Crippen molar-refractivity contribution in [2.45, 2.75) is 37.6 Å². The molecule has 1 heterocycles. The Morgan fingerprint density at radius 3 is 2.52 bits per heavy atom. The summed E-state index contributed by atoms with van der Waals surface area (Å²) in [5.74, 6) is -1.12. The zero-order valence-corrected chi connectivity index (χ0v) is 18.3. The lowest BCUT2D eigenvalue weighted by atomic mass is 9.96. The second-order valence-electron chi connectivity index (χ2n) is 7.89. The Morgan fingerprint density at radius 1 is 1.13 bits per heavy atom. The predicted octanol–water partition coefficient (Wildman–Crippen LogP) is 3.00. The highest BCUT2D eigenvalue weighted by Gasteiger charge is 2.29. The fourth-order valence-corrected chi connectivity index (χ4v) is 4.55. The van der Waals surface area contributed by atoms with Crippen molar-refractivity contribution >= 4 is 27.5 Å². The molecule has 1 fully saturated rings. The molecule has 9 heteroatoms. The van der Waals surface area contributed by atoms with Crippen LogP contribution in [0.3, 0.4) is 0 Å². The maximum atomic E-state index is 13.1. The molecule has 0 radical (unpaired) electrons. The van der Waals surface area contributed by atoms with Crippen LogP contribution in [0.1, 0.15) is 37.0 Å². The molecule has 0 aliphatic carbocycles. The molecule has 1 saturated heterocycles. The lowest BCUT2D eigenvalue weighted by Crippen LogP contribution is -2.46. The molecule has 1 atom stereocenters. The maximum absolute atomic E-state index is 13.1. The second kappa shape index (κ2) is 9.47. The van der Waals surface area contributed by atoms with E-state index in [1.807, 2.05) is 13.8 Å². The number of sulfonamides is 1. The van der Waals surface area contributed by atoms with Crippen molar-refractivity contribution in [2.75, 3.05) is 17.8 Å². The zero-order chi connectivity index (χ0) is 22.6. The molecule has 7 nitrogen and oxygen atoms in total. The molecule has 1 unspecified atom stereocenters. The van der Waals surface area contributed by atoms with Crippen LogP contribution in [0.5, 0.6) is 0 Å². The first-order chi connectivity index (χ1) is 14.7. The number of benzene rings is 2. The second-order valence-corrected chi connectivity index (χ2v) is 9.58. The van der Waals surface area contributed by atoms with E-state index in [0.717, 1.165) is 25.0 Å². The molecule has 0 saturated carbocycles. The van der Waals surface area contributed by atoms with E-state index in [1.54, 1.807) is 17.0 Å². The lowest BCUT2D eigenvalue weighted by Gasteiger charge is -2.32. The van der Waals surface area contributed by atoms with Crippen LogP contribution in [0.25, 0.3) is 0 Å². The number of hydrogen-bond acceptors (Lipinski definition) is 4. The molecular weight excluding hydrogens is 421 g/mol. The fourth-order valence-electron chi connectivity index (χ4n) is 3.50. The molecule has 0 aromatic heterocycles. The number of amides is 2. The number of nitrogens with zero attached hydrogens (tertiary/aromatic N) is 1. The first kappa shape index (κ1) is 22.7. The van der Waals surface area contributed by atoms with E-state index < -0.39 is 15.8 Å². The Kier molecular flexibility index (Phi) is 6.94. The highest BCUT2D eigenvalue weighted by atomic mass is 32.2. The van der Waals surface area contributed by atoms with Crippen LogP contribution in [0.15, 0.2) is 53.4 Å². The van der Waals surface area contributed by atoms with Gasteiger partial charge in [0.2, 0.25) is 5.91 Å². The number of carbonyl (C=O) groups is 2. The van der Waals surface area contributed by atoms with E-state index in [4.69, 9.17) is 0 Å². The normalized spacial score (nSPS) is 16.8. The standard InChI is InChI=1S/C22H26FN3O4S/c1-15(2)24-21(27)17-6-4-12-26(14-17)22(28)16-5-3-7-19(13-16)25-31(29,30)20-10-8-18(23)9-11-20/h3,5,7-11,13,15,17,25H,4,6,12,14H2,1-2H3,(H,24,27). The van der Waals surface area contributed by atoms with Crippen molar-refractivity contribution in [1.29, 1.82) is 0 Å². The molecule has 2 N–H and O–H groups in total.